The summed E-state index contributed by atoms with van der Waals surface area (Å²) in [6.07, 6.45) is 1.40. The minimum absolute atomic E-state index is 0. The summed E-state index contributed by atoms with van der Waals surface area (Å²) in [5.74, 6) is 1.71. The van der Waals surface area contributed by atoms with Gasteiger partial charge in [-0.25, -0.2) is 4.98 Å². The molecule has 0 fully saturated rings. The van der Waals surface area contributed by atoms with E-state index < -0.39 is 0 Å². The van der Waals surface area contributed by atoms with Crippen LogP contribution in [0.5, 0.6) is 5.75 Å². The van der Waals surface area contributed by atoms with E-state index in [4.69, 9.17) is 9.72 Å². The molecule has 0 aliphatic carbocycles. The number of hydrogen-bond acceptors (Lipinski definition) is 6. The maximum Gasteiger partial charge on any atom is 0.229 e. The highest BCUT2D eigenvalue weighted by atomic mass is 35.5. The van der Waals surface area contributed by atoms with E-state index >= 15 is 0 Å². The Kier molecular flexibility index (Phi) is 9.91. The number of aromatic nitrogens is 1. The van der Waals surface area contributed by atoms with Crippen molar-refractivity contribution >= 4 is 56.8 Å². The number of anilines is 1. The monoisotopic (exact) mass is 465 g/mol. The summed E-state index contributed by atoms with van der Waals surface area (Å²) in [4.78, 5) is 22.9. The number of amides is 1. The fourth-order valence-electron chi connectivity index (χ4n) is 2.91. The maximum absolute atomic E-state index is 13.0. The summed E-state index contributed by atoms with van der Waals surface area (Å²) in [6.45, 7) is 1.62. The van der Waals surface area contributed by atoms with Crippen LogP contribution >= 0.6 is 35.5 Å². The van der Waals surface area contributed by atoms with Gasteiger partial charge in [-0.15, -0.1) is 24.2 Å². The van der Waals surface area contributed by atoms with Gasteiger partial charge in [-0.1, -0.05) is 23.5 Å². The first-order valence-corrected chi connectivity index (χ1v) is 11.4. The van der Waals surface area contributed by atoms with E-state index in [0.717, 1.165) is 44.7 Å². The van der Waals surface area contributed by atoms with Crippen molar-refractivity contribution in [2.24, 2.45) is 0 Å². The number of para-hydroxylation sites is 1. The Labute approximate surface area is 192 Å². The van der Waals surface area contributed by atoms with Crippen LogP contribution in [0, 0.1) is 0 Å². The van der Waals surface area contributed by atoms with E-state index in [1.807, 2.05) is 47.4 Å². The lowest BCUT2D eigenvalue weighted by atomic mass is 10.3. The smallest absolute Gasteiger partial charge is 0.229 e. The molecule has 0 saturated heterocycles. The summed E-state index contributed by atoms with van der Waals surface area (Å²) in [5.41, 5.74) is 0.950. The highest BCUT2D eigenvalue weighted by molar-refractivity contribution is 7.99. The molecule has 1 aromatic heterocycles. The first-order chi connectivity index (χ1) is 14.1. The standard InChI is InChI=1S/C22H27N3O2S2.ClH/c1-24(2)14-6-15-25(22-23-19-7-4-5-8-20(19)29-22)21(26)13-16-28-18-11-9-17(27-3)10-12-18;/h4-5,7-12H,6,13-16H2,1-3H3;1H. The average molecular weight is 466 g/mol. The Hall–Kier alpha value is -1.80. The van der Waals surface area contributed by atoms with Crippen LogP contribution in [0.4, 0.5) is 5.13 Å². The third-order valence-corrected chi connectivity index (χ3v) is 6.52. The van der Waals surface area contributed by atoms with Gasteiger partial charge in [0.15, 0.2) is 5.13 Å². The fraction of sp³-hybridized carbons (Fsp3) is 0.364. The number of hydrogen-bond donors (Lipinski definition) is 0. The Balaban J connectivity index is 0.00000320. The van der Waals surface area contributed by atoms with Gasteiger partial charge in [0, 0.05) is 23.6 Å². The zero-order valence-electron chi connectivity index (χ0n) is 17.5. The van der Waals surface area contributed by atoms with Gasteiger partial charge in [0.2, 0.25) is 5.91 Å². The van der Waals surface area contributed by atoms with E-state index in [1.165, 1.54) is 0 Å². The zero-order valence-corrected chi connectivity index (χ0v) is 20.0. The van der Waals surface area contributed by atoms with E-state index in [2.05, 4.69) is 25.1 Å². The minimum atomic E-state index is 0. The van der Waals surface area contributed by atoms with Crippen LogP contribution in [0.1, 0.15) is 12.8 Å². The molecule has 0 aliphatic heterocycles. The maximum atomic E-state index is 13.0. The molecule has 2 aromatic carbocycles. The Morgan fingerprint density at radius 1 is 1.10 bits per heavy atom. The lowest BCUT2D eigenvalue weighted by Crippen LogP contribution is -2.33. The number of rotatable bonds is 10. The molecule has 0 unspecified atom stereocenters. The molecular formula is C22H28ClN3O2S2. The van der Waals surface area contributed by atoms with E-state index in [9.17, 15) is 4.79 Å². The summed E-state index contributed by atoms with van der Waals surface area (Å²) in [6, 6.07) is 16.0. The predicted octanol–water partition coefficient (Wildman–Crippen LogP) is 5.19. The third-order valence-electron chi connectivity index (χ3n) is 4.45. The number of benzene rings is 2. The molecular weight excluding hydrogens is 438 g/mol. The molecule has 8 heteroatoms. The molecule has 0 bridgehead atoms. The summed E-state index contributed by atoms with van der Waals surface area (Å²) >= 11 is 3.27. The van der Waals surface area contributed by atoms with Gasteiger partial charge >= 0.3 is 0 Å². The molecule has 5 nitrogen and oxygen atoms in total. The second kappa shape index (κ2) is 12.2. The minimum Gasteiger partial charge on any atom is -0.497 e. The molecule has 0 N–H and O–H groups in total. The van der Waals surface area contributed by atoms with Crippen LogP contribution in [-0.4, -0.2) is 55.8 Å². The fourth-order valence-corrected chi connectivity index (χ4v) is 4.76. The lowest BCUT2D eigenvalue weighted by molar-refractivity contribution is -0.118. The van der Waals surface area contributed by atoms with Crippen molar-refractivity contribution in [2.45, 2.75) is 17.7 Å². The van der Waals surface area contributed by atoms with Crippen molar-refractivity contribution in [1.29, 1.82) is 0 Å². The number of ether oxygens (including phenoxy) is 1. The molecule has 3 aromatic rings. The van der Waals surface area contributed by atoms with E-state index in [0.29, 0.717) is 13.0 Å². The van der Waals surface area contributed by atoms with Crippen molar-refractivity contribution < 1.29 is 9.53 Å². The van der Waals surface area contributed by atoms with E-state index in [1.54, 1.807) is 30.2 Å². The number of thioether (sulfide) groups is 1. The van der Waals surface area contributed by atoms with Gasteiger partial charge in [-0.2, -0.15) is 0 Å². The van der Waals surface area contributed by atoms with Crippen LogP contribution in [0.15, 0.2) is 53.4 Å². The number of thiazole rings is 1. The van der Waals surface area contributed by atoms with Crippen LogP contribution in [-0.2, 0) is 4.79 Å². The Morgan fingerprint density at radius 2 is 1.83 bits per heavy atom. The average Bonchev–Trinajstić information content (AvgIpc) is 3.15. The number of nitrogens with zero attached hydrogens (tertiary/aromatic N) is 3. The third kappa shape index (κ3) is 6.87. The number of carbonyl (C=O) groups is 1. The summed E-state index contributed by atoms with van der Waals surface area (Å²) in [5, 5.41) is 0.796. The largest absolute Gasteiger partial charge is 0.497 e. The second-order valence-corrected chi connectivity index (χ2v) is 9.12. The molecule has 0 aliphatic rings. The lowest BCUT2D eigenvalue weighted by Gasteiger charge is -2.21. The van der Waals surface area contributed by atoms with E-state index in [-0.39, 0.29) is 18.3 Å². The van der Waals surface area contributed by atoms with Gasteiger partial charge in [-0.05, 0) is 63.5 Å². The molecule has 0 spiro atoms. The van der Waals surface area contributed by atoms with Crippen molar-refractivity contribution in [3.8, 4) is 5.75 Å². The predicted molar refractivity (Wildman–Crippen MR) is 131 cm³/mol. The van der Waals surface area contributed by atoms with Crippen LogP contribution in [0.2, 0.25) is 0 Å². The molecule has 0 saturated carbocycles. The highest BCUT2D eigenvalue weighted by Gasteiger charge is 2.19. The normalized spacial score (nSPS) is 10.8. The topological polar surface area (TPSA) is 45.7 Å². The van der Waals surface area contributed by atoms with Crippen LogP contribution in [0.25, 0.3) is 10.2 Å². The number of methoxy groups -OCH3 is 1. The van der Waals surface area contributed by atoms with Crippen molar-refractivity contribution in [2.75, 3.05) is 44.9 Å². The summed E-state index contributed by atoms with van der Waals surface area (Å²) < 4.78 is 6.30. The molecule has 1 heterocycles. The number of halogens is 1. The molecule has 0 radical (unpaired) electrons. The number of fused-ring (bicyclic) bond motifs is 1. The quantitative estimate of drug-likeness (QED) is 0.385. The zero-order chi connectivity index (χ0) is 20.6. The molecule has 3 rings (SSSR count). The number of carbonyl (C=O) groups excluding carboxylic acids is 1. The Morgan fingerprint density at radius 3 is 2.50 bits per heavy atom. The molecule has 162 valence electrons. The SMILES string of the molecule is COc1ccc(SCCC(=O)N(CCCN(C)C)c2nc3ccccc3s2)cc1.Cl. The Bertz CT molecular complexity index is 899. The van der Waals surface area contributed by atoms with Gasteiger partial charge in [0.05, 0.1) is 17.3 Å². The van der Waals surface area contributed by atoms with Crippen LogP contribution in [0.3, 0.4) is 0 Å². The van der Waals surface area contributed by atoms with Gasteiger partial charge in [0.1, 0.15) is 5.75 Å². The van der Waals surface area contributed by atoms with Crippen molar-refractivity contribution in [3.63, 3.8) is 0 Å². The van der Waals surface area contributed by atoms with Crippen molar-refractivity contribution in [3.05, 3.63) is 48.5 Å². The van der Waals surface area contributed by atoms with Crippen LogP contribution < -0.4 is 9.64 Å². The summed E-state index contributed by atoms with van der Waals surface area (Å²) in [7, 11) is 5.76. The first-order valence-electron chi connectivity index (χ1n) is 9.64. The van der Waals surface area contributed by atoms with Gasteiger partial charge in [0.25, 0.3) is 0 Å². The van der Waals surface area contributed by atoms with Gasteiger partial charge < -0.3 is 9.64 Å². The highest BCUT2D eigenvalue weighted by Crippen LogP contribution is 2.30. The van der Waals surface area contributed by atoms with Gasteiger partial charge in [-0.3, -0.25) is 9.69 Å². The van der Waals surface area contributed by atoms with Crippen molar-refractivity contribution in [1.82, 2.24) is 9.88 Å². The molecule has 0 atom stereocenters. The second-order valence-electron chi connectivity index (χ2n) is 6.94. The molecule has 30 heavy (non-hydrogen) atoms. The first kappa shape index (κ1) is 24.5. The molecule has 1 amide bonds.